The van der Waals surface area contributed by atoms with Gasteiger partial charge in [-0.15, -0.1) is 5.10 Å². The number of hydrogen-bond acceptors (Lipinski definition) is 5. The van der Waals surface area contributed by atoms with Gasteiger partial charge in [0.25, 0.3) is 0 Å². The minimum absolute atomic E-state index is 0.432. The molecule has 0 aromatic heterocycles. The number of ether oxygens (including phenoxy) is 2. The third-order valence-corrected chi connectivity index (χ3v) is 5.91. The summed E-state index contributed by atoms with van der Waals surface area (Å²) in [4.78, 5) is 0. The van der Waals surface area contributed by atoms with Gasteiger partial charge in [-0.2, -0.15) is 5.10 Å². The molecular weight excluding hydrogens is 454 g/mol. The molecule has 0 aliphatic carbocycles. The summed E-state index contributed by atoms with van der Waals surface area (Å²) in [5.41, 5.74) is 10.3. The van der Waals surface area contributed by atoms with Crippen LogP contribution in [0.5, 0.6) is 11.5 Å². The van der Waals surface area contributed by atoms with Crippen LogP contribution in [0.3, 0.4) is 0 Å². The van der Waals surface area contributed by atoms with Crippen LogP contribution >= 0.6 is 11.8 Å². The van der Waals surface area contributed by atoms with Crippen molar-refractivity contribution in [3.8, 4) is 11.5 Å². The van der Waals surface area contributed by atoms with E-state index >= 15 is 0 Å². The minimum Gasteiger partial charge on any atom is -0.489 e. The fraction of sp³-hybridized carbons (Fsp3) is 0.103. The molecule has 6 heteroatoms. The summed E-state index contributed by atoms with van der Waals surface area (Å²) in [6.07, 6.45) is 1.67. The van der Waals surface area contributed by atoms with E-state index in [0.717, 1.165) is 33.9 Å². The Bertz CT molecular complexity index is 1230. The van der Waals surface area contributed by atoms with Crippen molar-refractivity contribution in [1.29, 1.82) is 0 Å². The smallest absolute Gasteiger partial charge is 0.180 e. The van der Waals surface area contributed by atoms with Crippen LogP contribution in [-0.4, -0.2) is 11.4 Å². The van der Waals surface area contributed by atoms with Crippen molar-refractivity contribution in [1.82, 2.24) is 0 Å². The first-order valence-corrected chi connectivity index (χ1v) is 12.2. The zero-order valence-corrected chi connectivity index (χ0v) is 20.1. The Morgan fingerprint density at radius 1 is 0.657 bits per heavy atom. The summed E-state index contributed by atoms with van der Waals surface area (Å²) in [7, 11) is 0. The first-order valence-electron chi connectivity index (χ1n) is 11.3. The van der Waals surface area contributed by atoms with E-state index in [4.69, 9.17) is 15.2 Å². The molecule has 0 aliphatic heterocycles. The molecule has 0 saturated heterocycles. The number of nitrogens with two attached hydrogens (primary N) is 1. The fourth-order valence-corrected chi connectivity index (χ4v) is 3.76. The predicted molar refractivity (Wildman–Crippen MR) is 145 cm³/mol. The lowest BCUT2D eigenvalue weighted by Crippen LogP contribution is -2.05. The summed E-state index contributed by atoms with van der Waals surface area (Å²) < 4.78 is 11.7. The molecule has 5 nitrogen and oxygen atoms in total. The molecule has 0 aliphatic rings. The molecule has 0 amide bonds. The molecule has 0 fully saturated rings. The maximum Gasteiger partial charge on any atom is 0.180 e. The molecule has 0 radical (unpaired) electrons. The Morgan fingerprint density at radius 2 is 1.17 bits per heavy atom. The fourth-order valence-electron chi connectivity index (χ4n) is 3.15. The van der Waals surface area contributed by atoms with Gasteiger partial charge in [0.05, 0.1) is 6.21 Å². The highest BCUT2D eigenvalue weighted by molar-refractivity contribution is 8.13. The van der Waals surface area contributed by atoms with Gasteiger partial charge < -0.3 is 15.2 Å². The normalized spacial score (nSPS) is 11.5. The van der Waals surface area contributed by atoms with Gasteiger partial charge in [-0.05, 0) is 58.7 Å². The number of nitrogens with zero attached hydrogens (tertiary/aromatic N) is 2. The Labute approximate surface area is 210 Å². The van der Waals surface area contributed by atoms with Gasteiger partial charge in [0.15, 0.2) is 5.17 Å². The van der Waals surface area contributed by atoms with Gasteiger partial charge in [-0.3, -0.25) is 0 Å². The third-order valence-electron chi connectivity index (χ3n) is 5.05. The number of hydrogen-bond donors (Lipinski definition) is 1. The summed E-state index contributed by atoms with van der Waals surface area (Å²) in [5, 5.41) is 8.57. The van der Waals surface area contributed by atoms with E-state index in [1.807, 2.05) is 97.1 Å². The quantitative estimate of drug-likeness (QED) is 0.161. The Hall–Kier alpha value is -4.03. The summed E-state index contributed by atoms with van der Waals surface area (Å²) >= 11 is 1.46. The monoisotopic (exact) mass is 481 g/mol. The maximum atomic E-state index is 5.93. The molecule has 0 heterocycles. The third kappa shape index (κ3) is 8.36. The minimum atomic E-state index is 0.432. The predicted octanol–water partition coefficient (Wildman–Crippen LogP) is 6.43. The van der Waals surface area contributed by atoms with Crippen molar-refractivity contribution >= 4 is 23.1 Å². The summed E-state index contributed by atoms with van der Waals surface area (Å²) in [6.45, 7) is 1.03. The van der Waals surface area contributed by atoms with E-state index in [9.17, 15) is 0 Å². The van der Waals surface area contributed by atoms with Crippen LogP contribution in [0.1, 0.15) is 22.3 Å². The molecule has 0 atom stereocenters. The topological polar surface area (TPSA) is 69.2 Å². The van der Waals surface area contributed by atoms with Crippen molar-refractivity contribution in [2.75, 3.05) is 0 Å². The number of thioether (sulfide) groups is 1. The molecular formula is C29H27N3O2S. The van der Waals surface area contributed by atoms with Crippen molar-refractivity contribution in [3.05, 3.63) is 131 Å². The van der Waals surface area contributed by atoms with E-state index in [-0.39, 0.29) is 0 Å². The molecule has 0 unspecified atom stereocenters. The summed E-state index contributed by atoms with van der Waals surface area (Å²) in [6, 6.07) is 35.9. The molecule has 176 valence electrons. The van der Waals surface area contributed by atoms with E-state index < -0.39 is 0 Å². The second-order valence-electron chi connectivity index (χ2n) is 7.73. The van der Waals surface area contributed by atoms with Crippen LogP contribution in [0.2, 0.25) is 0 Å². The zero-order valence-electron chi connectivity index (χ0n) is 19.3. The maximum absolute atomic E-state index is 5.93. The van der Waals surface area contributed by atoms with Crippen LogP contribution in [-0.2, 0) is 19.0 Å². The van der Waals surface area contributed by atoms with Crippen LogP contribution < -0.4 is 15.2 Å². The Kier molecular flexibility index (Phi) is 8.96. The van der Waals surface area contributed by atoms with Crippen molar-refractivity contribution in [2.24, 2.45) is 15.9 Å². The molecule has 0 bridgehead atoms. The Balaban J connectivity index is 1.20. The zero-order chi connectivity index (χ0) is 24.1. The lowest BCUT2D eigenvalue weighted by atomic mass is 10.2. The number of benzene rings is 4. The molecule has 4 aromatic rings. The van der Waals surface area contributed by atoms with Gasteiger partial charge >= 0.3 is 0 Å². The van der Waals surface area contributed by atoms with Crippen molar-refractivity contribution in [2.45, 2.75) is 19.0 Å². The second-order valence-corrected chi connectivity index (χ2v) is 8.73. The summed E-state index contributed by atoms with van der Waals surface area (Å²) in [5.74, 6) is 2.39. The average Bonchev–Trinajstić information content (AvgIpc) is 2.92. The van der Waals surface area contributed by atoms with Crippen LogP contribution in [0, 0.1) is 0 Å². The molecule has 4 aromatic carbocycles. The van der Waals surface area contributed by atoms with E-state index in [1.54, 1.807) is 6.21 Å². The number of amidine groups is 1. The SMILES string of the molecule is NC(=NN=Cc1ccc(OCc2ccc(OCc3ccccc3)cc2)cc1)SCc1ccccc1. The van der Waals surface area contributed by atoms with Crippen molar-refractivity contribution in [3.63, 3.8) is 0 Å². The molecule has 4 rings (SSSR count). The molecule has 2 N–H and O–H groups in total. The molecule has 0 spiro atoms. The lowest BCUT2D eigenvalue weighted by molar-refractivity contribution is 0.301. The molecule has 35 heavy (non-hydrogen) atoms. The van der Waals surface area contributed by atoms with E-state index in [0.29, 0.717) is 18.4 Å². The van der Waals surface area contributed by atoms with Gasteiger partial charge in [0.2, 0.25) is 0 Å². The van der Waals surface area contributed by atoms with Gasteiger partial charge in [0.1, 0.15) is 24.7 Å². The van der Waals surface area contributed by atoms with Crippen LogP contribution in [0.15, 0.2) is 119 Å². The van der Waals surface area contributed by atoms with Gasteiger partial charge in [0, 0.05) is 5.75 Å². The van der Waals surface area contributed by atoms with Crippen LogP contribution in [0.4, 0.5) is 0 Å². The van der Waals surface area contributed by atoms with Gasteiger partial charge in [-0.25, -0.2) is 0 Å². The Morgan fingerprint density at radius 3 is 1.77 bits per heavy atom. The highest BCUT2D eigenvalue weighted by Gasteiger charge is 2.00. The average molecular weight is 482 g/mol. The van der Waals surface area contributed by atoms with Gasteiger partial charge in [-0.1, -0.05) is 84.6 Å². The highest BCUT2D eigenvalue weighted by atomic mass is 32.2. The second kappa shape index (κ2) is 13.0. The van der Waals surface area contributed by atoms with E-state index in [1.165, 1.54) is 17.3 Å². The largest absolute Gasteiger partial charge is 0.489 e. The van der Waals surface area contributed by atoms with E-state index in [2.05, 4.69) is 22.3 Å². The first kappa shape index (κ1) is 24.1. The van der Waals surface area contributed by atoms with Crippen LogP contribution in [0.25, 0.3) is 0 Å². The standard InChI is InChI=1S/C29H27N3O2S/c30-29(35-22-26-9-5-2-6-10-26)32-31-19-23-11-15-27(16-12-23)34-21-25-13-17-28(18-14-25)33-20-24-7-3-1-4-8-24/h1-19H,20-22H2,(H2,30,32). The number of rotatable bonds is 10. The molecule has 0 saturated carbocycles. The highest BCUT2D eigenvalue weighted by Crippen LogP contribution is 2.17. The lowest BCUT2D eigenvalue weighted by Gasteiger charge is -2.09. The van der Waals surface area contributed by atoms with Crippen molar-refractivity contribution < 1.29 is 9.47 Å². The first-order chi connectivity index (χ1) is 17.2.